The van der Waals surface area contributed by atoms with Crippen molar-refractivity contribution in [2.45, 2.75) is 44.4 Å². The summed E-state index contributed by atoms with van der Waals surface area (Å²) in [4.78, 5) is 0. The van der Waals surface area contributed by atoms with Crippen LogP contribution >= 0.6 is 0 Å². The number of ether oxygens (including phenoxy) is 1. The summed E-state index contributed by atoms with van der Waals surface area (Å²) < 4.78 is 8.40. The third-order valence-corrected chi connectivity index (χ3v) is 4.56. The lowest BCUT2D eigenvalue weighted by Gasteiger charge is -2.22. The van der Waals surface area contributed by atoms with Gasteiger partial charge in [-0.15, -0.1) is 0 Å². The summed E-state index contributed by atoms with van der Waals surface area (Å²) in [6.45, 7) is 0.927. The molecule has 0 saturated heterocycles. The van der Waals surface area contributed by atoms with E-state index in [0.717, 1.165) is 31.6 Å². The van der Waals surface area contributed by atoms with Crippen molar-refractivity contribution in [1.29, 1.82) is 0 Å². The molecule has 2 heterocycles. The van der Waals surface area contributed by atoms with Crippen LogP contribution in [0.3, 0.4) is 0 Å². The molecule has 2 aromatic rings. The lowest BCUT2D eigenvalue weighted by atomic mass is 9.93. The van der Waals surface area contributed by atoms with Gasteiger partial charge in [0.1, 0.15) is 11.9 Å². The molecule has 2 N–H and O–H groups in total. The first kappa shape index (κ1) is 12.0. The van der Waals surface area contributed by atoms with Gasteiger partial charge in [0.25, 0.3) is 0 Å². The highest BCUT2D eigenvalue weighted by atomic mass is 16.5. The van der Waals surface area contributed by atoms with Gasteiger partial charge in [0.2, 0.25) is 0 Å². The molecule has 0 amide bonds. The second kappa shape index (κ2) is 4.67. The summed E-state index contributed by atoms with van der Waals surface area (Å²) in [7, 11) is 0. The van der Waals surface area contributed by atoms with Crippen molar-refractivity contribution in [2.75, 3.05) is 0 Å². The Balaban J connectivity index is 1.54. The Morgan fingerprint density at radius 1 is 1.25 bits per heavy atom. The molecule has 0 bridgehead atoms. The topological polar surface area (TPSA) is 40.2 Å². The maximum absolute atomic E-state index is 6.19. The lowest BCUT2D eigenvalue weighted by Crippen LogP contribution is -2.24. The van der Waals surface area contributed by atoms with Gasteiger partial charge in [-0.3, -0.25) is 0 Å². The molecule has 0 saturated carbocycles. The van der Waals surface area contributed by atoms with Gasteiger partial charge in [-0.25, -0.2) is 0 Å². The van der Waals surface area contributed by atoms with E-state index in [1.165, 1.54) is 23.2 Å². The van der Waals surface area contributed by atoms with Crippen molar-refractivity contribution in [2.24, 2.45) is 5.73 Å². The van der Waals surface area contributed by atoms with Crippen molar-refractivity contribution in [3.05, 3.63) is 53.3 Å². The van der Waals surface area contributed by atoms with Crippen molar-refractivity contribution >= 4 is 0 Å². The Hall–Kier alpha value is -1.74. The highest BCUT2D eigenvalue weighted by molar-refractivity contribution is 5.37. The monoisotopic (exact) mass is 268 g/mol. The summed E-state index contributed by atoms with van der Waals surface area (Å²) in [5.41, 5.74) is 10.3. The summed E-state index contributed by atoms with van der Waals surface area (Å²) >= 11 is 0. The van der Waals surface area contributed by atoms with Gasteiger partial charge in [-0.2, -0.15) is 0 Å². The predicted molar refractivity (Wildman–Crippen MR) is 78.9 cm³/mol. The molecule has 3 heteroatoms. The first-order valence-corrected chi connectivity index (χ1v) is 7.49. The molecular weight excluding hydrogens is 248 g/mol. The first-order chi connectivity index (χ1) is 9.81. The van der Waals surface area contributed by atoms with Gasteiger partial charge in [0.05, 0.1) is 6.54 Å². The van der Waals surface area contributed by atoms with Gasteiger partial charge < -0.3 is 15.0 Å². The molecule has 2 aliphatic rings. The lowest BCUT2D eigenvalue weighted by molar-refractivity contribution is 0.207. The van der Waals surface area contributed by atoms with Crippen LogP contribution in [0.1, 0.15) is 35.7 Å². The predicted octanol–water partition coefficient (Wildman–Crippen LogP) is 2.83. The number of aromatic nitrogens is 1. The molecule has 1 aromatic carbocycles. The maximum atomic E-state index is 6.19. The van der Waals surface area contributed by atoms with Crippen molar-refractivity contribution in [1.82, 2.24) is 4.57 Å². The molecule has 1 aliphatic carbocycles. The van der Waals surface area contributed by atoms with Crippen LogP contribution in [-0.2, 0) is 19.4 Å². The van der Waals surface area contributed by atoms with Crippen molar-refractivity contribution < 1.29 is 4.74 Å². The van der Waals surface area contributed by atoms with Gasteiger partial charge in [-0.05, 0) is 42.5 Å². The third-order valence-electron chi connectivity index (χ3n) is 4.56. The molecule has 1 aromatic heterocycles. The summed E-state index contributed by atoms with van der Waals surface area (Å²) in [6, 6.07) is 10.8. The zero-order chi connectivity index (χ0) is 13.5. The minimum Gasteiger partial charge on any atom is -0.488 e. The van der Waals surface area contributed by atoms with E-state index in [0.29, 0.717) is 0 Å². The Labute approximate surface area is 119 Å². The van der Waals surface area contributed by atoms with Crippen LogP contribution in [0.15, 0.2) is 36.5 Å². The van der Waals surface area contributed by atoms with Gasteiger partial charge in [-0.1, -0.05) is 18.2 Å². The number of hydrogen-bond donors (Lipinski definition) is 1. The van der Waals surface area contributed by atoms with E-state index in [1.807, 2.05) is 6.07 Å². The van der Waals surface area contributed by atoms with Crippen LogP contribution in [0, 0.1) is 0 Å². The minimum atomic E-state index is 0.224. The number of benzene rings is 1. The number of nitrogens with zero attached hydrogens (tertiary/aromatic N) is 1. The quantitative estimate of drug-likeness (QED) is 0.909. The Bertz CT molecular complexity index is 607. The second-order valence-corrected chi connectivity index (χ2v) is 5.92. The normalized spacial score (nSPS) is 24.1. The largest absolute Gasteiger partial charge is 0.488 e. The molecule has 0 fully saturated rings. The number of para-hydroxylation sites is 1. The fourth-order valence-corrected chi connectivity index (χ4v) is 3.54. The van der Waals surface area contributed by atoms with Crippen LogP contribution < -0.4 is 10.5 Å². The molecule has 1 aliphatic heterocycles. The Morgan fingerprint density at radius 2 is 2.15 bits per heavy atom. The van der Waals surface area contributed by atoms with Crippen LogP contribution in [0.25, 0.3) is 0 Å². The fraction of sp³-hybridized carbons (Fsp3) is 0.412. The van der Waals surface area contributed by atoms with E-state index in [1.54, 1.807) is 0 Å². The maximum Gasteiger partial charge on any atom is 0.123 e. The highest BCUT2D eigenvalue weighted by Gasteiger charge is 2.25. The van der Waals surface area contributed by atoms with Crippen molar-refractivity contribution in [3.63, 3.8) is 0 Å². The average molecular weight is 268 g/mol. The molecule has 0 radical (unpaired) electrons. The van der Waals surface area contributed by atoms with E-state index >= 15 is 0 Å². The van der Waals surface area contributed by atoms with E-state index in [-0.39, 0.29) is 12.1 Å². The van der Waals surface area contributed by atoms with Crippen LogP contribution in [0.2, 0.25) is 0 Å². The van der Waals surface area contributed by atoms with Crippen LogP contribution in [0.4, 0.5) is 0 Å². The van der Waals surface area contributed by atoms with Gasteiger partial charge in [0.15, 0.2) is 0 Å². The summed E-state index contributed by atoms with van der Waals surface area (Å²) in [5, 5.41) is 0. The van der Waals surface area contributed by atoms with E-state index in [4.69, 9.17) is 10.5 Å². The molecule has 2 atom stereocenters. The number of fused-ring (bicyclic) bond motifs is 2. The fourth-order valence-electron chi connectivity index (χ4n) is 3.54. The molecule has 20 heavy (non-hydrogen) atoms. The number of rotatable bonds is 2. The second-order valence-electron chi connectivity index (χ2n) is 5.92. The minimum absolute atomic E-state index is 0.224. The summed E-state index contributed by atoms with van der Waals surface area (Å²) in [6.07, 6.45) is 6.90. The zero-order valence-corrected chi connectivity index (χ0v) is 11.6. The van der Waals surface area contributed by atoms with E-state index in [2.05, 4.69) is 35.0 Å². The average Bonchev–Trinajstić information content (AvgIpc) is 3.04. The first-order valence-electron chi connectivity index (χ1n) is 7.49. The molecular formula is C17H20N2O. The van der Waals surface area contributed by atoms with Crippen LogP contribution in [0.5, 0.6) is 5.75 Å². The smallest absolute Gasteiger partial charge is 0.123 e. The van der Waals surface area contributed by atoms with E-state index in [9.17, 15) is 0 Å². The standard InChI is InChI=1S/C17H20N2O/c18-15-5-3-6-16-14(15)8-9-19(16)11-13-10-12-4-1-2-7-17(12)20-13/h1-2,4,7-9,13,15H,3,5-6,10-11,18H2. The molecule has 2 unspecified atom stereocenters. The third kappa shape index (κ3) is 1.93. The highest BCUT2D eigenvalue weighted by Crippen LogP contribution is 2.32. The molecule has 104 valence electrons. The molecule has 0 spiro atoms. The van der Waals surface area contributed by atoms with Gasteiger partial charge in [0, 0.05) is 24.4 Å². The number of nitrogens with two attached hydrogens (primary N) is 1. The van der Waals surface area contributed by atoms with Crippen molar-refractivity contribution in [3.8, 4) is 5.75 Å². The SMILES string of the molecule is NC1CCCc2c1ccn2CC1Cc2ccccc2O1. The summed E-state index contributed by atoms with van der Waals surface area (Å²) in [5.74, 6) is 1.05. The zero-order valence-electron chi connectivity index (χ0n) is 11.6. The van der Waals surface area contributed by atoms with Crippen LogP contribution in [-0.4, -0.2) is 10.7 Å². The van der Waals surface area contributed by atoms with E-state index < -0.39 is 0 Å². The van der Waals surface area contributed by atoms with Gasteiger partial charge >= 0.3 is 0 Å². The Kier molecular flexibility index (Phi) is 2.81. The molecule has 3 nitrogen and oxygen atoms in total. The molecule has 4 rings (SSSR count). The number of hydrogen-bond acceptors (Lipinski definition) is 2. The Morgan fingerprint density at radius 3 is 3.05 bits per heavy atom.